The van der Waals surface area contributed by atoms with Gasteiger partial charge < -0.3 is 10.6 Å². The highest BCUT2D eigenvalue weighted by Crippen LogP contribution is 2.16. The normalized spacial score (nSPS) is 11.8. The summed E-state index contributed by atoms with van der Waals surface area (Å²) in [5, 5.41) is 5.42. The van der Waals surface area contributed by atoms with E-state index in [1.54, 1.807) is 20.0 Å². The number of pyridine rings is 1. The lowest BCUT2D eigenvalue weighted by atomic mass is 10.0. The number of likely N-dealkylation sites (N-methyl/N-ethyl adjacent to an activating group) is 1. The Balaban J connectivity index is 1.71. The van der Waals surface area contributed by atoms with E-state index in [4.69, 9.17) is 0 Å². The predicted octanol–water partition coefficient (Wildman–Crippen LogP) is 3.14. The lowest BCUT2D eigenvalue weighted by Gasteiger charge is -2.12. The molecule has 8 nitrogen and oxygen atoms in total. The van der Waals surface area contributed by atoms with E-state index in [2.05, 4.69) is 15.6 Å². The number of carbonyl (C=O) groups is 2. The van der Waals surface area contributed by atoms with E-state index in [1.807, 2.05) is 0 Å². The average Bonchev–Trinajstić information content (AvgIpc) is 3.18. The maximum atomic E-state index is 13.5. The zero-order valence-corrected chi connectivity index (χ0v) is 19.5. The topological polar surface area (TPSA) is 98.0 Å². The number of carbonyl (C=O) groups excluding carboxylic acids is 2. The molecule has 0 saturated heterocycles. The van der Waals surface area contributed by atoms with Crippen molar-refractivity contribution >= 4 is 17.4 Å². The van der Waals surface area contributed by atoms with Crippen LogP contribution in [-0.2, 0) is 11.3 Å². The first-order valence-corrected chi connectivity index (χ1v) is 11.1. The van der Waals surface area contributed by atoms with Crippen LogP contribution in [0.3, 0.4) is 0 Å². The number of hydrogen-bond acceptors (Lipinski definition) is 5. The second-order valence-corrected chi connectivity index (χ2v) is 8.14. The molecule has 36 heavy (non-hydrogen) atoms. The maximum Gasteiger partial charge on any atom is 0.291 e. The van der Waals surface area contributed by atoms with E-state index >= 15 is 0 Å². The van der Waals surface area contributed by atoms with E-state index in [1.165, 1.54) is 76.5 Å². The molecule has 0 fully saturated rings. The Morgan fingerprint density at radius 3 is 2.25 bits per heavy atom. The van der Waals surface area contributed by atoms with Crippen molar-refractivity contribution in [2.75, 3.05) is 12.4 Å². The van der Waals surface area contributed by atoms with Crippen molar-refractivity contribution in [1.29, 1.82) is 0 Å². The Kier molecular flexibility index (Phi) is 7.16. The number of anilines is 1. The summed E-state index contributed by atoms with van der Waals surface area (Å²) >= 11 is 0. The third-order valence-corrected chi connectivity index (χ3v) is 5.65. The molecular weight excluding hydrogens is 468 g/mol. The molecule has 0 radical (unpaired) electrons. The Hall–Kier alpha value is -4.44. The number of rotatable bonds is 8. The molecule has 2 heterocycles. The molecule has 2 aromatic carbocycles. The van der Waals surface area contributed by atoms with Gasteiger partial charge in [-0.25, -0.2) is 13.5 Å². The minimum Gasteiger partial charge on any atom is -0.319 e. The van der Waals surface area contributed by atoms with Crippen LogP contribution in [0.2, 0.25) is 0 Å². The zero-order chi connectivity index (χ0) is 25.8. The number of halogens is 2. The molecule has 10 heteroatoms. The fourth-order valence-electron chi connectivity index (χ4n) is 3.54. The van der Waals surface area contributed by atoms with Crippen LogP contribution in [0.15, 0.2) is 78.0 Å². The predicted molar refractivity (Wildman–Crippen MR) is 130 cm³/mol. The largest absolute Gasteiger partial charge is 0.319 e. The van der Waals surface area contributed by atoms with Crippen molar-refractivity contribution in [3.63, 3.8) is 0 Å². The number of amides is 1. The van der Waals surface area contributed by atoms with Gasteiger partial charge >= 0.3 is 0 Å². The van der Waals surface area contributed by atoms with Gasteiger partial charge in [0.05, 0.1) is 24.5 Å². The van der Waals surface area contributed by atoms with Gasteiger partial charge in [-0.3, -0.25) is 24.0 Å². The van der Waals surface area contributed by atoms with E-state index in [9.17, 15) is 23.2 Å². The maximum absolute atomic E-state index is 13.5. The molecule has 4 aromatic rings. The Bertz CT molecular complexity index is 1460. The van der Waals surface area contributed by atoms with E-state index in [0.717, 1.165) is 0 Å². The number of benzene rings is 2. The van der Waals surface area contributed by atoms with Crippen LogP contribution in [0, 0.1) is 11.6 Å². The number of nitrogens with one attached hydrogen (secondary N) is 2. The molecule has 1 unspecified atom stereocenters. The second-order valence-electron chi connectivity index (χ2n) is 8.14. The third kappa shape index (κ3) is 5.28. The summed E-state index contributed by atoms with van der Waals surface area (Å²) in [5.74, 6) is -1.63. The number of aromatic nitrogens is 3. The smallest absolute Gasteiger partial charge is 0.291 e. The summed E-state index contributed by atoms with van der Waals surface area (Å²) in [6.07, 6.45) is 4.36. The molecule has 0 aliphatic rings. The fourth-order valence-corrected chi connectivity index (χ4v) is 3.54. The van der Waals surface area contributed by atoms with Crippen LogP contribution in [0.5, 0.6) is 0 Å². The van der Waals surface area contributed by atoms with E-state index in [-0.39, 0.29) is 23.6 Å². The van der Waals surface area contributed by atoms with Gasteiger partial charge in [-0.05, 0) is 74.1 Å². The lowest BCUT2D eigenvalue weighted by molar-refractivity contribution is -0.117. The van der Waals surface area contributed by atoms with Gasteiger partial charge in [0.2, 0.25) is 5.91 Å². The zero-order valence-electron chi connectivity index (χ0n) is 19.5. The van der Waals surface area contributed by atoms with Gasteiger partial charge in [0, 0.05) is 23.5 Å². The molecule has 0 aliphatic heterocycles. The summed E-state index contributed by atoms with van der Waals surface area (Å²) in [6.45, 7) is 1.66. The highest BCUT2D eigenvalue weighted by atomic mass is 19.1. The number of ketones is 1. The highest BCUT2D eigenvalue weighted by molar-refractivity contribution is 6.08. The summed E-state index contributed by atoms with van der Waals surface area (Å²) in [5.41, 5.74) is 1.13. The second kappa shape index (κ2) is 10.4. The minimum absolute atomic E-state index is 0.00516. The van der Waals surface area contributed by atoms with Crippen LogP contribution >= 0.6 is 0 Å². The van der Waals surface area contributed by atoms with Crippen molar-refractivity contribution in [2.24, 2.45) is 0 Å². The molecule has 0 aliphatic carbocycles. The van der Waals surface area contributed by atoms with Crippen molar-refractivity contribution in [1.82, 2.24) is 19.7 Å². The van der Waals surface area contributed by atoms with Gasteiger partial charge in [-0.15, -0.1) is 0 Å². The minimum atomic E-state index is -0.537. The van der Waals surface area contributed by atoms with Crippen molar-refractivity contribution in [3.05, 3.63) is 112 Å². The summed E-state index contributed by atoms with van der Waals surface area (Å²) in [4.78, 5) is 42.6. The molecule has 0 saturated carbocycles. The summed E-state index contributed by atoms with van der Waals surface area (Å²) in [7, 11) is 1.62. The molecule has 1 atom stereocenters. The molecule has 1 amide bonds. The van der Waals surface area contributed by atoms with E-state index < -0.39 is 29.1 Å². The van der Waals surface area contributed by atoms with Crippen LogP contribution < -0.4 is 16.2 Å². The van der Waals surface area contributed by atoms with Crippen LogP contribution in [0.4, 0.5) is 14.5 Å². The molecular formula is C26H23F2N5O3. The Morgan fingerprint density at radius 2 is 1.61 bits per heavy atom. The molecule has 184 valence electrons. The molecule has 0 bridgehead atoms. The monoisotopic (exact) mass is 491 g/mol. The van der Waals surface area contributed by atoms with Crippen LogP contribution in [-0.4, -0.2) is 39.1 Å². The quantitative estimate of drug-likeness (QED) is 0.369. The molecule has 2 N–H and O–H groups in total. The van der Waals surface area contributed by atoms with Crippen molar-refractivity contribution in [3.8, 4) is 5.69 Å². The van der Waals surface area contributed by atoms with Crippen LogP contribution in [0.1, 0.15) is 28.4 Å². The first-order valence-electron chi connectivity index (χ1n) is 11.1. The first-order chi connectivity index (χ1) is 17.3. The summed E-state index contributed by atoms with van der Waals surface area (Å²) in [6, 6.07) is 11.7. The number of hydrogen-bond donors (Lipinski definition) is 2. The van der Waals surface area contributed by atoms with Gasteiger partial charge in [0.15, 0.2) is 5.78 Å². The van der Waals surface area contributed by atoms with Gasteiger partial charge in [0.25, 0.3) is 5.56 Å². The van der Waals surface area contributed by atoms with Gasteiger partial charge in [-0.2, -0.15) is 0 Å². The van der Waals surface area contributed by atoms with E-state index in [0.29, 0.717) is 16.8 Å². The number of nitrogens with zero attached hydrogens (tertiary/aromatic N) is 3. The molecule has 4 rings (SSSR count). The lowest BCUT2D eigenvalue weighted by Crippen LogP contribution is -2.36. The Morgan fingerprint density at radius 1 is 0.972 bits per heavy atom. The molecule has 2 aromatic heterocycles. The first kappa shape index (κ1) is 24.7. The SMILES string of the molecule is CNC(C)C(=O)Nc1cn(-c2ccc(F)cc2)n(Cc2cncc(C(=O)c3ccc(F)cc3)c2)c1=O. The van der Waals surface area contributed by atoms with Crippen molar-refractivity contribution in [2.45, 2.75) is 19.5 Å². The van der Waals surface area contributed by atoms with Crippen molar-refractivity contribution < 1.29 is 18.4 Å². The average molecular weight is 491 g/mol. The Labute approximate surface area is 205 Å². The standard InChI is InChI=1S/C26H23F2N5O3/c1-16(29-2)25(35)31-23-15-32(22-9-7-21(28)8-10-22)33(26(23)36)14-17-11-19(13-30-12-17)24(34)18-3-5-20(27)6-4-18/h3-13,15-16,29H,14H2,1-2H3,(H,31,35). The highest BCUT2D eigenvalue weighted by Gasteiger charge is 2.19. The van der Waals surface area contributed by atoms with Crippen LogP contribution in [0.25, 0.3) is 5.69 Å². The van der Waals surface area contributed by atoms with Gasteiger partial charge in [0.1, 0.15) is 17.3 Å². The third-order valence-electron chi connectivity index (χ3n) is 5.65. The summed E-state index contributed by atoms with van der Waals surface area (Å²) < 4.78 is 29.6. The van der Waals surface area contributed by atoms with Gasteiger partial charge in [-0.1, -0.05) is 0 Å². The molecule has 0 spiro atoms. The fraction of sp³-hybridized carbons (Fsp3) is 0.154.